The maximum atomic E-state index is 11.0. The first kappa shape index (κ1) is 20.6. The van der Waals surface area contributed by atoms with Crippen molar-refractivity contribution in [2.45, 2.75) is 13.0 Å². The zero-order valence-corrected chi connectivity index (χ0v) is 17.3. The summed E-state index contributed by atoms with van der Waals surface area (Å²) in [5.41, 5.74) is 4.70. The molecule has 0 aliphatic heterocycles. The van der Waals surface area contributed by atoms with Crippen molar-refractivity contribution in [1.29, 1.82) is 0 Å². The molecular formula is C26H25N3O2. The number of nitro benzene ring substituents is 1. The van der Waals surface area contributed by atoms with E-state index in [1.165, 1.54) is 22.6 Å². The summed E-state index contributed by atoms with van der Waals surface area (Å²) in [6, 6.07) is 25.5. The molecule has 4 rings (SSSR count). The Morgan fingerprint density at radius 1 is 0.968 bits per heavy atom. The first-order chi connectivity index (χ1) is 15.2. The van der Waals surface area contributed by atoms with E-state index in [0.29, 0.717) is 0 Å². The van der Waals surface area contributed by atoms with Gasteiger partial charge in [-0.25, -0.2) is 0 Å². The lowest BCUT2D eigenvalue weighted by molar-refractivity contribution is -0.384. The third-order valence-electron chi connectivity index (χ3n) is 5.38. The molecule has 0 aliphatic carbocycles. The van der Waals surface area contributed by atoms with Gasteiger partial charge in [0.15, 0.2) is 0 Å². The Kier molecular flexibility index (Phi) is 6.55. The molecule has 1 aromatic heterocycles. The van der Waals surface area contributed by atoms with Crippen LogP contribution in [-0.4, -0.2) is 27.9 Å². The highest BCUT2D eigenvalue weighted by Crippen LogP contribution is 2.19. The highest BCUT2D eigenvalue weighted by atomic mass is 16.6. The largest absolute Gasteiger partial charge is 0.361 e. The maximum absolute atomic E-state index is 11.0. The number of aromatic amines is 1. The van der Waals surface area contributed by atoms with Crippen molar-refractivity contribution >= 4 is 22.7 Å². The van der Waals surface area contributed by atoms with E-state index in [1.807, 2.05) is 24.3 Å². The summed E-state index contributed by atoms with van der Waals surface area (Å²) >= 11 is 0. The van der Waals surface area contributed by atoms with Crippen LogP contribution in [0.5, 0.6) is 0 Å². The van der Waals surface area contributed by atoms with E-state index < -0.39 is 0 Å². The molecule has 4 aromatic rings. The van der Waals surface area contributed by atoms with Crippen molar-refractivity contribution in [3.05, 3.63) is 118 Å². The molecule has 0 unspecified atom stereocenters. The molecule has 1 N–H and O–H groups in total. The average molecular weight is 412 g/mol. The summed E-state index contributed by atoms with van der Waals surface area (Å²) in [5.74, 6) is 0. The van der Waals surface area contributed by atoms with Crippen molar-refractivity contribution in [3.8, 4) is 0 Å². The molecule has 156 valence electrons. The lowest BCUT2D eigenvalue weighted by Crippen LogP contribution is -2.25. The number of nitrogens with zero attached hydrogens (tertiary/aromatic N) is 2. The number of H-pyrrole nitrogens is 1. The van der Waals surface area contributed by atoms with Crippen LogP contribution in [0, 0.1) is 10.1 Å². The number of aromatic nitrogens is 1. The molecule has 0 saturated carbocycles. The van der Waals surface area contributed by atoms with Gasteiger partial charge in [0, 0.05) is 48.9 Å². The number of para-hydroxylation sites is 1. The Morgan fingerprint density at radius 3 is 2.61 bits per heavy atom. The zero-order chi connectivity index (χ0) is 21.5. The van der Waals surface area contributed by atoms with Crippen LogP contribution in [0.15, 0.2) is 91.1 Å². The average Bonchev–Trinajstić information content (AvgIpc) is 3.21. The van der Waals surface area contributed by atoms with Gasteiger partial charge in [0.1, 0.15) is 0 Å². The molecule has 0 atom stereocenters. The second kappa shape index (κ2) is 9.87. The Labute approximate surface area is 181 Å². The molecule has 31 heavy (non-hydrogen) atoms. The number of hydrogen-bond donors (Lipinski definition) is 1. The van der Waals surface area contributed by atoms with E-state index in [-0.39, 0.29) is 10.6 Å². The summed E-state index contributed by atoms with van der Waals surface area (Å²) in [6.45, 7) is 2.53. The Morgan fingerprint density at radius 2 is 1.77 bits per heavy atom. The van der Waals surface area contributed by atoms with Crippen molar-refractivity contribution in [2.24, 2.45) is 0 Å². The van der Waals surface area contributed by atoms with Crippen LogP contribution in [0.25, 0.3) is 17.0 Å². The van der Waals surface area contributed by atoms with Gasteiger partial charge in [0.2, 0.25) is 0 Å². The second-order valence-electron chi connectivity index (χ2n) is 7.58. The molecule has 0 aliphatic rings. The molecule has 0 amide bonds. The third-order valence-corrected chi connectivity index (χ3v) is 5.38. The number of rotatable bonds is 9. The summed E-state index contributed by atoms with van der Waals surface area (Å²) in [6.07, 6.45) is 7.08. The maximum Gasteiger partial charge on any atom is 0.270 e. The van der Waals surface area contributed by atoms with Crippen molar-refractivity contribution < 1.29 is 4.92 Å². The van der Waals surface area contributed by atoms with Crippen LogP contribution in [-0.2, 0) is 13.0 Å². The van der Waals surface area contributed by atoms with Gasteiger partial charge >= 0.3 is 0 Å². The third kappa shape index (κ3) is 5.47. The fourth-order valence-electron chi connectivity index (χ4n) is 3.77. The number of nitro groups is 1. The van der Waals surface area contributed by atoms with Crippen LogP contribution in [0.4, 0.5) is 5.69 Å². The molecule has 3 aromatic carbocycles. The van der Waals surface area contributed by atoms with E-state index >= 15 is 0 Å². The standard InChI is InChI=1S/C26H25N3O2/c30-29(31)24-12-6-10-21(18-24)11-7-16-28(20-22-8-2-1-3-9-22)17-15-23-19-27-26-14-5-4-13-25(23)26/h1-14,18-19,27H,15-17,20H2/b11-7+. The molecule has 0 spiro atoms. The summed E-state index contributed by atoms with van der Waals surface area (Å²) in [5, 5.41) is 12.3. The molecular weight excluding hydrogens is 386 g/mol. The zero-order valence-electron chi connectivity index (χ0n) is 17.3. The monoisotopic (exact) mass is 411 g/mol. The van der Waals surface area contributed by atoms with E-state index in [1.54, 1.807) is 12.1 Å². The smallest absolute Gasteiger partial charge is 0.270 e. The van der Waals surface area contributed by atoms with Gasteiger partial charge in [-0.3, -0.25) is 15.0 Å². The molecule has 0 bridgehead atoms. The fourth-order valence-corrected chi connectivity index (χ4v) is 3.77. The predicted octanol–water partition coefficient (Wildman–Crippen LogP) is 5.83. The number of fused-ring (bicyclic) bond motifs is 1. The minimum absolute atomic E-state index is 0.114. The van der Waals surface area contributed by atoms with Crippen LogP contribution in [0.1, 0.15) is 16.7 Å². The quantitative estimate of drug-likeness (QED) is 0.278. The summed E-state index contributed by atoms with van der Waals surface area (Å²) in [4.78, 5) is 16.4. The Balaban J connectivity index is 1.46. The van der Waals surface area contributed by atoms with Crippen molar-refractivity contribution in [3.63, 3.8) is 0 Å². The normalized spacial score (nSPS) is 11.5. The van der Waals surface area contributed by atoms with Crippen molar-refractivity contribution in [1.82, 2.24) is 9.88 Å². The Bertz CT molecular complexity index is 1180. The molecule has 0 fully saturated rings. The van der Waals surface area contributed by atoms with Crippen LogP contribution < -0.4 is 0 Å². The molecule has 0 radical (unpaired) electrons. The summed E-state index contributed by atoms with van der Waals surface area (Å²) < 4.78 is 0. The van der Waals surface area contributed by atoms with E-state index in [2.05, 4.69) is 64.6 Å². The highest BCUT2D eigenvalue weighted by molar-refractivity contribution is 5.83. The minimum Gasteiger partial charge on any atom is -0.361 e. The SMILES string of the molecule is O=[N+]([O-])c1cccc(/C=C/CN(CCc2c[nH]c3ccccc23)Cc2ccccc2)c1. The number of nitrogens with one attached hydrogen (secondary N) is 1. The molecule has 1 heterocycles. The van der Waals surface area contributed by atoms with Crippen LogP contribution in [0.2, 0.25) is 0 Å². The van der Waals surface area contributed by atoms with Gasteiger partial charge in [-0.05, 0) is 29.2 Å². The highest BCUT2D eigenvalue weighted by Gasteiger charge is 2.09. The number of benzene rings is 3. The van der Waals surface area contributed by atoms with E-state index in [4.69, 9.17) is 0 Å². The fraction of sp³-hybridized carbons (Fsp3) is 0.154. The van der Waals surface area contributed by atoms with Gasteiger partial charge in [0.25, 0.3) is 5.69 Å². The molecule has 5 nitrogen and oxygen atoms in total. The predicted molar refractivity (Wildman–Crippen MR) is 126 cm³/mol. The number of non-ortho nitro benzene ring substituents is 1. The van der Waals surface area contributed by atoms with Crippen molar-refractivity contribution in [2.75, 3.05) is 13.1 Å². The first-order valence-electron chi connectivity index (χ1n) is 10.4. The lowest BCUT2D eigenvalue weighted by atomic mass is 10.1. The van der Waals surface area contributed by atoms with Crippen LogP contribution >= 0.6 is 0 Å². The molecule has 0 saturated heterocycles. The number of hydrogen-bond acceptors (Lipinski definition) is 3. The lowest BCUT2D eigenvalue weighted by Gasteiger charge is -2.21. The Hall–Kier alpha value is -3.70. The van der Waals surface area contributed by atoms with Crippen LogP contribution in [0.3, 0.4) is 0 Å². The van der Waals surface area contributed by atoms with E-state index in [9.17, 15) is 10.1 Å². The van der Waals surface area contributed by atoms with Gasteiger partial charge < -0.3 is 4.98 Å². The first-order valence-corrected chi connectivity index (χ1v) is 10.4. The topological polar surface area (TPSA) is 62.2 Å². The second-order valence-corrected chi connectivity index (χ2v) is 7.58. The van der Waals surface area contributed by atoms with E-state index in [0.717, 1.165) is 37.1 Å². The van der Waals surface area contributed by atoms with Gasteiger partial charge in [-0.1, -0.05) is 72.8 Å². The van der Waals surface area contributed by atoms with Gasteiger partial charge in [0.05, 0.1) is 4.92 Å². The van der Waals surface area contributed by atoms with Gasteiger partial charge in [-0.15, -0.1) is 0 Å². The molecule has 5 heteroatoms. The minimum atomic E-state index is -0.361. The summed E-state index contributed by atoms with van der Waals surface area (Å²) in [7, 11) is 0. The van der Waals surface area contributed by atoms with Gasteiger partial charge in [-0.2, -0.15) is 0 Å².